The van der Waals surface area contributed by atoms with Crippen molar-refractivity contribution in [3.05, 3.63) is 53.6 Å². The molecule has 0 radical (unpaired) electrons. The third-order valence-corrected chi connectivity index (χ3v) is 4.32. The summed E-state index contributed by atoms with van der Waals surface area (Å²) < 4.78 is 15.8. The molecule has 0 heterocycles. The lowest BCUT2D eigenvalue weighted by Crippen LogP contribution is -2.16. The van der Waals surface area contributed by atoms with Gasteiger partial charge < -0.3 is 24.4 Å². The molecule has 8 heteroatoms. The van der Waals surface area contributed by atoms with Gasteiger partial charge in [0.2, 0.25) is 0 Å². The van der Waals surface area contributed by atoms with Gasteiger partial charge in [-0.1, -0.05) is 31.2 Å². The second-order valence-electron chi connectivity index (χ2n) is 7.92. The number of aliphatic hydroxyl groups excluding tert-OH is 2. The van der Waals surface area contributed by atoms with Crippen molar-refractivity contribution >= 4 is 30.1 Å². The lowest BCUT2D eigenvalue weighted by atomic mass is 10.1. The van der Waals surface area contributed by atoms with Gasteiger partial charge in [-0.15, -0.1) is 0 Å². The van der Waals surface area contributed by atoms with Crippen molar-refractivity contribution in [2.24, 2.45) is 0 Å². The van der Waals surface area contributed by atoms with Gasteiger partial charge in [-0.3, -0.25) is 14.4 Å². The second-order valence-corrected chi connectivity index (χ2v) is 7.92. The van der Waals surface area contributed by atoms with Crippen LogP contribution in [0.1, 0.15) is 57.6 Å². The molecular formula is C26H30O8. The van der Waals surface area contributed by atoms with Crippen LogP contribution in [0.25, 0.3) is 12.2 Å². The number of carbonyl (C=O) groups excluding carboxylic acids is 3. The second kappa shape index (κ2) is 13.3. The molecule has 2 N–H and O–H groups in total. The Hall–Kier alpha value is -3.49. The van der Waals surface area contributed by atoms with Crippen molar-refractivity contribution in [2.75, 3.05) is 0 Å². The molecule has 0 spiro atoms. The van der Waals surface area contributed by atoms with Crippen LogP contribution >= 0.6 is 0 Å². The van der Waals surface area contributed by atoms with E-state index in [1.807, 2.05) is 6.92 Å². The van der Waals surface area contributed by atoms with E-state index in [9.17, 15) is 24.6 Å². The van der Waals surface area contributed by atoms with E-state index in [-0.39, 0.29) is 30.3 Å². The molecule has 0 saturated carbocycles. The smallest absolute Gasteiger partial charge is 0.313 e. The fraction of sp³-hybridized carbons (Fsp3) is 0.346. The van der Waals surface area contributed by atoms with Crippen LogP contribution < -0.4 is 14.2 Å². The molecule has 34 heavy (non-hydrogen) atoms. The Labute approximate surface area is 198 Å². The molecule has 2 aromatic carbocycles. The molecule has 0 unspecified atom stereocenters. The van der Waals surface area contributed by atoms with Crippen LogP contribution in [0.2, 0.25) is 0 Å². The number of ether oxygens (including phenoxy) is 3. The summed E-state index contributed by atoms with van der Waals surface area (Å²) >= 11 is 0. The average Bonchev–Trinajstić information content (AvgIpc) is 2.72. The van der Waals surface area contributed by atoms with E-state index in [0.29, 0.717) is 24.2 Å². The molecule has 0 fully saturated rings. The van der Waals surface area contributed by atoms with Gasteiger partial charge in [0.15, 0.2) is 0 Å². The van der Waals surface area contributed by atoms with Gasteiger partial charge in [0, 0.05) is 12.5 Å². The summed E-state index contributed by atoms with van der Waals surface area (Å²) in [6.07, 6.45) is 2.49. The van der Waals surface area contributed by atoms with Gasteiger partial charge in [0.25, 0.3) is 0 Å². The van der Waals surface area contributed by atoms with E-state index in [2.05, 4.69) is 0 Å². The Morgan fingerprint density at radius 2 is 1.21 bits per heavy atom. The molecule has 2 rings (SSSR count). The largest absolute Gasteiger partial charge is 0.427 e. The number of aliphatic hydroxyl groups is 2. The Kier molecular flexibility index (Phi) is 10.4. The quantitative estimate of drug-likeness (QED) is 0.288. The lowest BCUT2D eigenvalue weighted by Gasteiger charge is -2.11. The van der Waals surface area contributed by atoms with Crippen LogP contribution in [0.5, 0.6) is 17.2 Å². The van der Waals surface area contributed by atoms with Gasteiger partial charge in [-0.2, -0.15) is 0 Å². The Morgan fingerprint density at radius 1 is 0.735 bits per heavy atom. The fourth-order valence-electron chi connectivity index (χ4n) is 2.86. The summed E-state index contributed by atoms with van der Waals surface area (Å²) in [5.74, 6) is -0.812. The minimum Gasteiger partial charge on any atom is -0.427 e. The summed E-state index contributed by atoms with van der Waals surface area (Å²) in [5.41, 5.74) is 1.40. The summed E-state index contributed by atoms with van der Waals surface area (Å²) in [4.78, 5) is 35.5. The summed E-state index contributed by atoms with van der Waals surface area (Å²) in [5, 5.41) is 18.8. The molecule has 0 aliphatic heterocycles. The number of carbonyl (C=O) groups is 3. The highest BCUT2D eigenvalue weighted by Crippen LogP contribution is 2.26. The first-order chi connectivity index (χ1) is 16.1. The van der Waals surface area contributed by atoms with Gasteiger partial charge in [-0.25, -0.2) is 0 Å². The Balaban J connectivity index is 2.20. The third kappa shape index (κ3) is 9.97. The maximum Gasteiger partial charge on any atom is 0.313 e. The standard InChI is InChI=1S/C26H30O8/c1-4-5-24(29)32-21-10-8-19(9-11-21)6-7-20-14-22(33-25(30)12-17(2)27)16-23(15-20)34-26(31)13-18(3)28/h6-11,14-18,27-28H,4-5,12-13H2,1-3H3/b7-6+/t17-,18-/m1/s1. The minimum atomic E-state index is -0.858. The molecule has 0 aromatic heterocycles. The highest BCUT2D eigenvalue weighted by molar-refractivity contribution is 5.77. The fourth-order valence-corrected chi connectivity index (χ4v) is 2.86. The summed E-state index contributed by atoms with van der Waals surface area (Å²) in [7, 11) is 0. The number of hydrogen-bond donors (Lipinski definition) is 2. The molecule has 0 saturated heterocycles. The molecule has 182 valence electrons. The summed E-state index contributed by atoms with van der Waals surface area (Å²) in [6.45, 7) is 4.84. The van der Waals surface area contributed by atoms with Crippen LogP contribution in [-0.4, -0.2) is 40.3 Å². The number of benzene rings is 2. The zero-order valence-corrected chi connectivity index (χ0v) is 19.5. The van der Waals surface area contributed by atoms with Crippen molar-refractivity contribution in [2.45, 2.75) is 58.7 Å². The maximum atomic E-state index is 12.0. The molecule has 0 aliphatic carbocycles. The maximum absolute atomic E-state index is 12.0. The number of esters is 3. The van der Waals surface area contributed by atoms with E-state index < -0.39 is 24.1 Å². The van der Waals surface area contributed by atoms with E-state index in [0.717, 1.165) is 5.56 Å². The minimum absolute atomic E-state index is 0.144. The molecular weight excluding hydrogens is 440 g/mol. The van der Waals surface area contributed by atoms with Gasteiger partial charge >= 0.3 is 17.9 Å². The predicted molar refractivity (Wildman–Crippen MR) is 126 cm³/mol. The van der Waals surface area contributed by atoms with Crippen LogP contribution in [0.4, 0.5) is 0 Å². The zero-order chi connectivity index (χ0) is 25.1. The van der Waals surface area contributed by atoms with E-state index in [1.54, 1.807) is 48.6 Å². The van der Waals surface area contributed by atoms with E-state index in [1.165, 1.54) is 19.9 Å². The van der Waals surface area contributed by atoms with Crippen molar-refractivity contribution in [3.63, 3.8) is 0 Å². The Morgan fingerprint density at radius 3 is 1.68 bits per heavy atom. The molecule has 0 aliphatic rings. The first kappa shape index (κ1) is 26.8. The zero-order valence-electron chi connectivity index (χ0n) is 19.5. The van der Waals surface area contributed by atoms with Crippen LogP contribution in [-0.2, 0) is 14.4 Å². The van der Waals surface area contributed by atoms with Crippen molar-refractivity contribution < 1.29 is 38.8 Å². The van der Waals surface area contributed by atoms with E-state index >= 15 is 0 Å². The molecule has 0 amide bonds. The van der Waals surface area contributed by atoms with E-state index in [4.69, 9.17) is 14.2 Å². The highest BCUT2D eigenvalue weighted by Gasteiger charge is 2.13. The summed E-state index contributed by atoms with van der Waals surface area (Å²) in [6, 6.07) is 11.5. The van der Waals surface area contributed by atoms with Gasteiger partial charge in [0.1, 0.15) is 17.2 Å². The van der Waals surface area contributed by atoms with Crippen LogP contribution in [0, 0.1) is 0 Å². The average molecular weight is 471 g/mol. The SMILES string of the molecule is CCCC(=O)Oc1ccc(/C=C/c2cc(OC(=O)C[C@@H](C)O)cc(OC(=O)C[C@@H](C)O)c2)cc1. The number of rotatable bonds is 11. The van der Waals surface area contributed by atoms with Crippen molar-refractivity contribution in [3.8, 4) is 17.2 Å². The first-order valence-electron chi connectivity index (χ1n) is 11.1. The molecule has 2 aromatic rings. The molecule has 8 nitrogen and oxygen atoms in total. The number of hydrogen-bond acceptors (Lipinski definition) is 8. The highest BCUT2D eigenvalue weighted by atomic mass is 16.5. The van der Waals surface area contributed by atoms with Crippen LogP contribution in [0.3, 0.4) is 0 Å². The van der Waals surface area contributed by atoms with Gasteiger partial charge in [-0.05, 0) is 55.7 Å². The molecule has 2 atom stereocenters. The monoisotopic (exact) mass is 470 g/mol. The van der Waals surface area contributed by atoms with Crippen molar-refractivity contribution in [1.29, 1.82) is 0 Å². The predicted octanol–water partition coefficient (Wildman–Crippen LogP) is 3.92. The first-order valence-corrected chi connectivity index (χ1v) is 11.1. The van der Waals surface area contributed by atoms with Gasteiger partial charge in [0.05, 0.1) is 25.0 Å². The topological polar surface area (TPSA) is 119 Å². The molecule has 0 bridgehead atoms. The van der Waals surface area contributed by atoms with Crippen molar-refractivity contribution in [1.82, 2.24) is 0 Å². The van der Waals surface area contributed by atoms with Crippen LogP contribution in [0.15, 0.2) is 42.5 Å². The third-order valence-electron chi connectivity index (χ3n) is 4.32. The lowest BCUT2D eigenvalue weighted by molar-refractivity contribution is -0.136. The normalized spacial score (nSPS) is 12.7. The Bertz CT molecular complexity index is 964.